The number of ether oxygens (including phenoxy) is 2. The van der Waals surface area contributed by atoms with Crippen LogP contribution in [0.3, 0.4) is 0 Å². The van der Waals surface area contributed by atoms with Crippen molar-refractivity contribution < 1.29 is 28.7 Å². The van der Waals surface area contributed by atoms with E-state index >= 15 is 0 Å². The van der Waals surface area contributed by atoms with E-state index in [4.69, 9.17) is 43.7 Å². The molecule has 2 saturated heterocycles. The molecule has 8 aromatic rings. The molecule has 346 valence electrons. The van der Waals surface area contributed by atoms with Crippen LogP contribution in [-0.4, -0.2) is 90.4 Å². The van der Waals surface area contributed by atoms with E-state index in [9.17, 15) is 0 Å². The number of carbonyl (C=O) groups excluding carboxylic acids is 4. The molecule has 5 aromatic carbocycles. The van der Waals surface area contributed by atoms with Gasteiger partial charge in [-0.1, -0.05) is 120 Å². The Kier molecular flexibility index (Phi) is 15.5. The molecule has 13 nitrogen and oxygen atoms in total. The quantitative estimate of drug-likeness (QED) is 0.135. The van der Waals surface area contributed by atoms with Crippen molar-refractivity contribution in [1.82, 2.24) is 19.7 Å². The van der Waals surface area contributed by atoms with E-state index in [1.54, 1.807) is 0 Å². The largest absolute Gasteiger partial charge is 0.378 e. The van der Waals surface area contributed by atoms with E-state index in [2.05, 4.69) is 185 Å². The smallest absolute Gasteiger partial charge is 0.373 e. The highest BCUT2D eigenvalue weighted by atomic mass is 16.5. The van der Waals surface area contributed by atoms with E-state index in [0.717, 1.165) is 121 Å². The van der Waals surface area contributed by atoms with Crippen molar-refractivity contribution in [1.29, 1.82) is 0 Å². The number of rotatable bonds is 8. The molecule has 0 radical (unpaired) electrons. The van der Waals surface area contributed by atoms with E-state index in [0.29, 0.717) is 0 Å². The first kappa shape index (κ1) is 47.3. The molecule has 13 heteroatoms. The number of hydrogen-bond acceptors (Lipinski definition) is 12. The van der Waals surface area contributed by atoms with Gasteiger partial charge in [-0.25, -0.2) is 14.6 Å². The number of aryl methyl sites for hydroxylation is 2. The molecule has 0 saturated carbocycles. The predicted octanol–water partition coefficient (Wildman–Crippen LogP) is 8.49. The Morgan fingerprint density at radius 1 is 0.536 bits per heavy atom. The van der Waals surface area contributed by atoms with Gasteiger partial charge in [0.1, 0.15) is 22.9 Å². The molecule has 0 N–H and O–H groups in total. The summed E-state index contributed by atoms with van der Waals surface area (Å²) >= 11 is 0. The zero-order valence-electron chi connectivity index (χ0n) is 38.5. The van der Waals surface area contributed by atoms with Gasteiger partial charge in [-0.2, -0.15) is 24.3 Å². The Bertz CT molecular complexity index is 2970. The van der Waals surface area contributed by atoms with Gasteiger partial charge in [-0.3, -0.25) is 4.99 Å². The predicted molar refractivity (Wildman–Crippen MR) is 263 cm³/mol. The van der Waals surface area contributed by atoms with Crippen LogP contribution in [0.2, 0.25) is 0 Å². The molecule has 3 aliphatic rings. The van der Waals surface area contributed by atoms with E-state index in [1.165, 1.54) is 22.3 Å². The summed E-state index contributed by atoms with van der Waals surface area (Å²) in [6.07, 6.45) is 4.29. The Labute approximate surface area is 400 Å². The van der Waals surface area contributed by atoms with E-state index in [1.807, 2.05) is 12.4 Å². The minimum Gasteiger partial charge on any atom is -0.378 e. The van der Waals surface area contributed by atoms with Gasteiger partial charge in [0.05, 0.1) is 44.2 Å². The SMILES string of the molecule is Cc1ccc2c(c1)C(c1ccnc(N3CCOCC3)c1)=NC2.Cc1ccc2c(c1)c(-c1ccnc(N3CCOCC3)c1)nn2C(c1ccccc1)(c1ccccc1)c1ccccc1.O=C=O.O=C=O. The summed E-state index contributed by atoms with van der Waals surface area (Å²) < 4.78 is 13.2. The number of anilines is 2. The van der Waals surface area contributed by atoms with Crippen LogP contribution in [0.25, 0.3) is 22.2 Å². The van der Waals surface area contributed by atoms with Gasteiger partial charge in [-0.15, -0.1) is 0 Å². The highest BCUT2D eigenvalue weighted by Gasteiger charge is 2.41. The van der Waals surface area contributed by atoms with E-state index in [-0.39, 0.29) is 12.3 Å². The lowest BCUT2D eigenvalue weighted by molar-refractivity contribution is -0.193. The van der Waals surface area contributed by atoms with Gasteiger partial charge in [-0.05, 0) is 78.6 Å². The van der Waals surface area contributed by atoms with Crippen molar-refractivity contribution in [2.24, 2.45) is 4.99 Å². The van der Waals surface area contributed by atoms with Gasteiger partial charge in [0.25, 0.3) is 0 Å². The molecular weight excluding hydrogens is 867 g/mol. The van der Waals surface area contributed by atoms with Crippen LogP contribution in [-0.2, 0) is 40.7 Å². The summed E-state index contributed by atoms with van der Waals surface area (Å²) in [4.78, 5) is 51.1. The van der Waals surface area contributed by atoms with Gasteiger partial charge in [0.15, 0.2) is 0 Å². The molecule has 3 aromatic heterocycles. The van der Waals surface area contributed by atoms with Gasteiger partial charge >= 0.3 is 12.3 Å². The Balaban J connectivity index is 0.000000192. The zero-order valence-corrected chi connectivity index (χ0v) is 38.5. The minimum absolute atomic E-state index is 0.250. The fourth-order valence-electron chi connectivity index (χ4n) is 9.21. The number of hydrogen-bond donors (Lipinski definition) is 0. The normalized spacial score (nSPS) is 14.0. The van der Waals surface area contributed by atoms with Crippen LogP contribution >= 0.6 is 0 Å². The number of aliphatic imine (C=N–C) groups is 1. The molecule has 69 heavy (non-hydrogen) atoms. The monoisotopic (exact) mass is 917 g/mol. The molecule has 0 bridgehead atoms. The molecule has 2 fully saturated rings. The molecule has 0 unspecified atom stereocenters. The third-order valence-electron chi connectivity index (χ3n) is 12.4. The second kappa shape index (κ2) is 22.5. The number of fused-ring (bicyclic) bond motifs is 2. The summed E-state index contributed by atoms with van der Waals surface area (Å²) in [5.74, 6) is 1.98. The first-order chi connectivity index (χ1) is 33.9. The number of pyridine rings is 2. The molecule has 3 aliphatic heterocycles. The molecular formula is C56H51N7O6. The number of morpholine rings is 2. The number of aromatic nitrogens is 4. The lowest BCUT2D eigenvalue weighted by atomic mass is 9.77. The zero-order chi connectivity index (χ0) is 48.0. The first-order valence-corrected chi connectivity index (χ1v) is 22.8. The fourth-order valence-corrected chi connectivity index (χ4v) is 9.21. The molecule has 0 aliphatic carbocycles. The Morgan fingerprint density at radius 2 is 1.00 bits per heavy atom. The second-order valence-electron chi connectivity index (χ2n) is 16.6. The average Bonchev–Trinajstić information content (AvgIpc) is 4.00. The summed E-state index contributed by atoms with van der Waals surface area (Å²) in [6.45, 7) is 11.5. The highest BCUT2D eigenvalue weighted by Crippen LogP contribution is 2.44. The molecule has 0 amide bonds. The van der Waals surface area contributed by atoms with Crippen molar-refractivity contribution in [3.8, 4) is 11.3 Å². The van der Waals surface area contributed by atoms with Crippen molar-refractivity contribution in [2.75, 3.05) is 62.4 Å². The van der Waals surface area contributed by atoms with Crippen molar-refractivity contribution in [3.05, 3.63) is 209 Å². The molecule has 11 rings (SSSR count). The second-order valence-corrected chi connectivity index (χ2v) is 16.6. The van der Waals surface area contributed by atoms with Gasteiger partial charge in [0.2, 0.25) is 0 Å². The lowest BCUT2D eigenvalue weighted by Gasteiger charge is -2.37. The van der Waals surface area contributed by atoms with Gasteiger partial charge < -0.3 is 19.3 Å². The van der Waals surface area contributed by atoms with Crippen LogP contribution in [0, 0.1) is 13.8 Å². The van der Waals surface area contributed by atoms with Crippen molar-refractivity contribution in [3.63, 3.8) is 0 Å². The Morgan fingerprint density at radius 3 is 1.52 bits per heavy atom. The van der Waals surface area contributed by atoms with Crippen LogP contribution < -0.4 is 9.80 Å². The van der Waals surface area contributed by atoms with E-state index < -0.39 is 5.54 Å². The third kappa shape index (κ3) is 10.4. The van der Waals surface area contributed by atoms with Crippen LogP contribution in [0.15, 0.2) is 169 Å². The summed E-state index contributed by atoms with van der Waals surface area (Å²) in [5.41, 5.74) is 13.1. The number of benzene rings is 5. The van der Waals surface area contributed by atoms with Crippen LogP contribution in [0.4, 0.5) is 11.6 Å². The maximum atomic E-state index is 8.12. The van der Waals surface area contributed by atoms with Crippen LogP contribution in [0.1, 0.15) is 44.5 Å². The topological polar surface area (TPSA) is 149 Å². The molecule has 0 spiro atoms. The Hall–Kier alpha value is -8.18. The number of nitrogens with zero attached hydrogens (tertiary/aromatic N) is 7. The summed E-state index contributed by atoms with van der Waals surface area (Å²) in [6, 6.07) is 53.9. The average molecular weight is 918 g/mol. The van der Waals surface area contributed by atoms with Gasteiger partial charge in [0, 0.05) is 60.6 Å². The first-order valence-electron chi connectivity index (χ1n) is 22.8. The summed E-state index contributed by atoms with van der Waals surface area (Å²) in [7, 11) is 0. The lowest BCUT2D eigenvalue weighted by Crippen LogP contribution is -2.38. The summed E-state index contributed by atoms with van der Waals surface area (Å²) in [5, 5.41) is 6.66. The van der Waals surface area contributed by atoms with Crippen molar-refractivity contribution in [2.45, 2.75) is 25.9 Å². The van der Waals surface area contributed by atoms with Crippen LogP contribution in [0.5, 0.6) is 0 Å². The van der Waals surface area contributed by atoms with Crippen molar-refractivity contribution >= 4 is 40.6 Å². The molecule has 6 heterocycles. The maximum Gasteiger partial charge on any atom is 0.373 e. The maximum absolute atomic E-state index is 8.12. The standard InChI is InChI=1S/C36H32N4O.C18H19N3O.2CO2/c1-27-17-18-33-32(25-27)35(28-19-20-37-34(26-28)39-21-23-41-24-22-39)38-40(33)36(29-11-5-2-6-12-29,30-13-7-3-8-14-30)31-15-9-4-10-16-31;1-13-2-3-15-12-20-18(16(15)10-13)14-4-5-19-17(11-14)21-6-8-22-9-7-21;2*2-1-3/h2-20,25-26H,21-24H2,1H3;2-5,10-11H,6-9,12H2,1H3;;. The highest BCUT2D eigenvalue weighted by molar-refractivity contribution is 6.15. The fraction of sp³-hybridized carbons (Fsp3) is 0.214. The molecule has 0 atom stereocenters. The third-order valence-corrected chi connectivity index (χ3v) is 12.4. The minimum atomic E-state index is -0.699.